The Labute approximate surface area is 94.1 Å². The number of rotatable bonds is 3. The smallest absolute Gasteiger partial charge is 0.301 e. The van der Waals surface area contributed by atoms with E-state index in [1.807, 2.05) is 0 Å². The van der Waals surface area contributed by atoms with Gasteiger partial charge in [0.15, 0.2) is 0 Å². The normalized spacial score (nSPS) is 21.9. The molecular weight excluding hydrogens is 208 g/mol. The van der Waals surface area contributed by atoms with E-state index in [4.69, 9.17) is 0 Å². The summed E-state index contributed by atoms with van der Waals surface area (Å²) in [6.07, 6.45) is 3.82. The Morgan fingerprint density at radius 2 is 1.69 bits per heavy atom. The Morgan fingerprint density at radius 3 is 2.31 bits per heavy atom. The van der Waals surface area contributed by atoms with Crippen LogP contribution >= 0.6 is 0 Å². The Bertz CT molecular complexity index is 303. The molecule has 2 fully saturated rings. The van der Waals surface area contributed by atoms with E-state index in [0.717, 1.165) is 19.6 Å². The van der Waals surface area contributed by atoms with Gasteiger partial charge in [0.05, 0.1) is 6.54 Å². The SMILES string of the molecule is O=C1NC(=NCCN2CCCCC2)NC1=O. The van der Waals surface area contributed by atoms with Gasteiger partial charge >= 0.3 is 11.8 Å². The minimum absolute atomic E-state index is 0.284. The molecule has 0 unspecified atom stereocenters. The van der Waals surface area contributed by atoms with Crippen LogP contribution in [0.15, 0.2) is 4.99 Å². The number of piperidine rings is 1. The number of carbonyl (C=O) groups is 2. The molecule has 0 atom stereocenters. The molecule has 0 radical (unpaired) electrons. The predicted octanol–water partition coefficient (Wildman–Crippen LogP) is -0.926. The van der Waals surface area contributed by atoms with Crippen molar-refractivity contribution in [2.24, 2.45) is 4.99 Å². The summed E-state index contributed by atoms with van der Waals surface area (Å²) in [5.74, 6) is -0.972. The van der Waals surface area contributed by atoms with Crippen molar-refractivity contribution in [3.05, 3.63) is 0 Å². The fourth-order valence-corrected chi connectivity index (χ4v) is 1.93. The lowest BCUT2D eigenvalue weighted by atomic mass is 10.1. The average Bonchev–Trinajstić information content (AvgIpc) is 2.60. The molecule has 2 N–H and O–H groups in total. The first-order chi connectivity index (χ1) is 7.75. The topological polar surface area (TPSA) is 73.8 Å². The van der Waals surface area contributed by atoms with Crippen LogP contribution < -0.4 is 10.6 Å². The van der Waals surface area contributed by atoms with E-state index < -0.39 is 11.8 Å². The molecule has 2 aliphatic heterocycles. The van der Waals surface area contributed by atoms with Crippen LogP contribution in [0.3, 0.4) is 0 Å². The lowest BCUT2D eigenvalue weighted by molar-refractivity contribution is -0.135. The first-order valence-electron chi connectivity index (χ1n) is 5.65. The summed E-state index contributed by atoms with van der Waals surface area (Å²) in [7, 11) is 0. The Balaban J connectivity index is 1.72. The highest BCUT2D eigenvalue weighted by Crippen LogP contribution is 2.07. The zero-order chi connectivity index (χ0) is 11.4. The van der Waals surface area contributed by atoms with Gasteiger partial charge in [-0.25, -0.2) is 0 Å². The Kier molecular flexibility index (Phi) is 3.51. The van der Waals surface area contributed by atoms with Crippen LogP contribution in [0.1, 0.15) is 19.3 Å². The van der Waals surface area contributed by atoms with Gasteiger partial charge < -0.3 is 4.90 Å². The third-order valence-corrected chi connectivity index (χ3v) is 2.80. The molecule has 2 heterocycles. The molecular formula is C10H16N4O2. The molecule has 0 saturated carbocycles. The maximum atomic E-state index is 10.8. The van der Waals surface area contributed by atoms with E-state index in [9.17, 15) is 9.59 Å². The molecule has 2 aliphatic rings. The number of amides is 2. The molecule has 0 aliphatic carbocycles. The van der Waals surface area contributed by atoms with Crippen molar-refractivity contribution in [2.75, 3.05) is 26.2 Å². The van der Waals surface area contributed by atoms with Crippen molar-refractivity contribution in [2.45, 2.75) is 19.3 Å². The minimum atomic E-state index is -0.628. The van der Waals surface area contributed by atoms with Crippen molar-refractivity contribution in [3.8, 4) is 0 Å². The number of guanidine groups is 1. The highest BCUT2D eigenvalue weighted by Gasteiger charge is 2.24. The number of hydrogen-bond acceptors (Lipinski definition) is 4. The fourth-order valence-electron chi connectivity index (χ4n) is 1.93. The number of likely N-dealkylation sites (tertiary alicyclic amines) is 1. The molecule has 6 heteroatoms. The van der Waals surface area contributed by atoms with Gasteiger partial charge in [-0.1, -0.05) is 6.42 Å². The van der Waals surface area contributed by atoms with E-state index in [-0.39, 0.29) is 5.96 Å². The third-order valence-electron chi connectivity index (χ3n) is 2.80. The van der Waals surface area contributed by atoms with E-state index in [2.05, 4.69) is 20.5 Å². The maximum Gasteiger partial charge on any atom is 0.316 e. The van der Waals surface area contributed by atoms with Crippen LogP contribution in [-0.2, 0) is 9.59 Å². The molecule has 2 amide bonds. The van der Waals surface area contributed by atoms with Crippen LogP contribution in [0.25, 0.3) is 0 Å². The molecule has 0 aromatic heterocycles. The van der Waals surface area contributed by atoms with Crippen molar-refractivity contribution >= 4 is 17.8 Å². The van der Waals surface area contributed by atoms with Gasteiger partial charge in [-0.05, 0) is 25.9 Å². The first-order valence-corrected chi connectivity index (χ1v) is 5.65. The number of nitrogens with one attached hydrogen (secondary N) is 2. The second-order valence-electron chi connectivity index (χ2n) is 4.04. The molecule has 0 bridgehead atoms. The van der Waals surface area contributed by atoms with Crippen LogP contribution in [-0.4, -0.2) is 48.9 Å². The van der Waals surface area contributed by atoms with Gasteiger partial charge in [-0.2, -0.15) is 0 Å². The summed E-state index contributed by atoms with van der Waals surface area (Å²) in [6.45, 7) is 3.75. The lowest BCUT2D eigenvalue weighted by Crippen LogP contribution is -2.33. The summed E-state index contributed by atoms with van der Waals surface area (Å²) in [5, 5.41) is 4.75. The number of carbonyl (C=O) groups excluding carboxylic acids is 2. The van der Waals surface area contributed by atoms with Crippen LogP contribution in [0.4, 0.5) is 0 Å². The first kappa shape index (κ1) is 11.1. The van der Waals surface area contributed by atoms with Crippen LogP contribution in [0.2, 0.25) is 0 Å². The summed E-state index contributed by atoms with van der Waals surface area (Å²) in [5.41, 5.74) is 0. The molecule has 16 heavy (non-hydrogen) atoms. The quantitative estimate of drug-likeness (QED) is 0.608. The average molecular weight is 224 g/mol. The molecule has 2 saturated heterocycles. The molecule has 0 aromatic rings. The summed E-state index contributed by atoms with van der Waals surface area (Å²) < 4.78 is 0. The minimum Gasteiger partial charge on any atom is -0.301 e. The number of aliphatic imine (C=N–C) groups is 1. The number of nitrogens with zero attached hydrogens (tertiary/aromatic N) is 2. The molecule has 0 spiro atoms. The van der Waals surface area contributed by atoms with Crippen molar-refractivity contribution < 1.29 is 9.59 Å². The second-order valence-corrected chi connectivity index (χ2v) is 4.04. The fraction of sp³-hybridized carbons (Fsp3) is 0.700. The van der Waals surface area contributed by atoms with Gasteiger partial charge in [-0.3, -0.25) is 25.2 Å². The second kappa shape index (κ2) is 5.07. The van der Waals surface area contributed by atoms with Crippen LogP contribution in [0, 0.1) is 0 Å². The highest BCUT2D eigenvalue weighted by atomic mass is 16.2. The predicted molar refractivity (Wildman–Crippen MR) is 58.9 cm³/mol. The lowest BCUT2D eigenvalue weighted by Gasteiger charge is -2.25. The monoisotopic (exact) mass is 224 g/mol. The van der Waals surface area contributed by atoms with Gasteiger partial charge in [0.25, 0.3) is 0 Å². The standard InChI is InChI=1S/C10H16N4O2/c15-8-9(16)13-10(12-8)11-4-7-14-5-2-1-3-6-14/h1-7H2,(H2,11,12,13,15,16). The maximum absolute atomic E-state index is 10.8. The van der Waals surface area contributed by atoms with Crippen LogP contribution in [0.5, 0.6) is 0 Å². The van der Waals surface area contributed by atoms with E-state index in [0.29, 0.717) is 6.54 Å². The zero-order valence-electron chi connectivity index (χ0n) is 9.16. The van der Waals surface area contributed by atoms with Gasteiger partial charge in [0.1, 0.15) is 0 Å². The Hall–Kier alpha value is -1.43. The largest absolute Gasteiger partial charge is 0.316 e. The summed E-state index contributed by atoms with van der Waals surface area (Å²) >= 11 is 0. The Morgan fingerprint density at radius 1 is 1.06 bits per heavy atom. The molecule has 2 rings (SSSR count). The van der Waals surface area contributed by atoms with Crippen molar-refractivity contribution in [1.29, 1.82) is 0 Å². The zero-order valence-corrected chi connectivity index (χ0v) is 9.16. The summed E-state index contributed by atoms with van der Waals surface area (Å²) in [6, 6.07) is 0. The van der Waals surface area contributed by atoms with Gasteiger partial charge in [0.2, 0.25) is 5.96 Å². The van der Waals surface area contributed by atoms with Crippen molar-refractivity contribution in [1.82, 2.24) is 15.5 Å². The molecule has 6 nitrogen and oxygen atoms in total. The highest BCUT2D eigenvalue weighted by molar-refractivity contribution is 6.45. The third kappa shape index (κ3) is 2.79. The van der Waals surface area contributed by atoms with E-state index >= 15 is 0 Å². The molecule has 88 valence electrons. The van der Waals surface area contributed by atoms with Gasteiger partial charge in [0, 0.05) is 6.54 Å². The van der Waals surface area contributed by atoms with Crippen molar-refractivity contribution in [3.63, 3.8) is 0 Å². The van der Waals surface area contributed by atoms with Gasteiger partial charge in [-0.15, -0.1) is 0 Å². The molecule has 0 aromatic carbocycles. The van der Waals surface area contributed by atoms with E-state index in [1.165, 1.54) is 19.3 Å². The number of hydrogen-bond donors (Lipinski definition) is 2. The van der Waals surface area contributed by atoms with E-state index in [1.54, 1.807) is 0 Å². The summed E-state index contributed by atoms with van der Waals surface area (Å²) in [4.78, 5) is 28.2.